The second kappa shape index (κ2) is 4.91. The summed E-state index contributed by atoms with van der Waals surface area (Å²) in [6.07, 6.45) is 1.29. The van der Waals surface area contributed by atoms with Gasteiger partial charge < -0.3 is 14.3 Å². The summed E-state index contributed by atoms with van der Waals surface area (Å²) < 4.78 is 23.2. The number of hydrogen-bond donors (Lipinski definition) is 1. The molecule has 0 bridgehead atoms. The van der Waals surface area contributed by atoms with Crippen LogP contribution in [0.4, 0.5) is 4.39 Å². The van der Waals surface area contributed by atoms with E-state index in [9.17, 15) is 9.18 Å². The molecule has 0 saturated carbocycles. The first kappa shape index (κ1) is 12.2. The van der Waals surface area contributed by atoms with Gasteiger partial charge in [0, 0.05) is 5.56 Å². The van der Waals surface area contributed by atoms with Crippen LogP contribution in [0.2, 0.25) is 0 Å². The lowest BCUT2D eigenvalue weighted by Crippen LogP contribution is -2.02. The van der Waals surface area contributed by atoms with Crippen molar-refractivity contribution in [3.8, 4) is 5.75 Å². The summed E-state index contributed by atoms with van der Waals surface area (Å²) in [6.45, 7) is 1.69. The van der Waals surface area contributed by atoms with Crippen LogP contribution in [0.25, 0.3) is 0 Å². The smallest absolute Gasteiger partial charge is 0.372 e. The van der Waals surface area contributed by atoms with Crippen LogP contribution in [0.15, 0.2) is 34.9 Å². The van der Waals surface area contributed by atoms with Gasteiger partial charge in [-0.2, -0.15) is 0 Å². The molecule has 2 rings (SSSR count). The first-order valence-corrected chi connectivity index (χ1v) is 5.26. The number of hydrogen-bond acceptors (Lipinski definition) is 3. The highest BCUT2D eigenvalue weighted by molar-refractivity contribution is 5.86. The number of carboxylic acid groups (broad SMARTS) is 1. The van der Waals surface area contributed by atoms with Crippen LogP contribution in [0.1, 0.15) is 21.7 Å². The predicted octanol–water partition coefficient (Wildman–Crippen LogP) is 3.00. The zero-order chi connectivity index (χ0) is 13.1. The topological polar surface area (TPSA) is 59.7 Å². The average molecular weight is 250 g/mol. The summed E-state index contributed by atoms with van der Waals surface area (Å²) in [5.74, 6) is -1.12. The molecule has 18 heavy (non-hydrogen) atoms. The molecule has 0 aliphatic heterocycles. The molecule has 1 heterocycles. The molecule has 5 heteroatoms. The number of carboxylic acids is 1. The van der Waals surface area contributed by atoms with Gasteiger partial charge in [-0.1, -0.05) is 0 Å². The summed E-state index contributed by atoms with van der Waals surface area (Å²) in [4.78, 5) is 10.8. The van der Waals surface area contributed by atoms with E-state index in [1.807, 2.05) is 0 Å². The lowest BCUT2D eigenvalue weighted by Gasteiger charge is -2.06. The van der Waals surface area contributed by atoms with E-state index in [2.05, 4.69) is 0 Å². The van der Waals surface area contributed by atoms with Crippen molar-refractivity contribution >= 4 is 5.97 Å². The van der Waals surface area contributed by atoms with Crippen LogP contribution in [-0.2, 0) is 6.61 Å². The van der Waals surface area contributed by atoms with Gasteiger partial charge in [0.1, 0.15) is 18.2 Å². The number of aromatic carboxylic acids is 1. The van der Waals surface area contributed by atoms with Gasteiger partial charge in [-0.15, -0.1) is 0 Å². The van der Waals surface area contributed by atoms with E-state index < -0.39 is 5.97 Å². The number of carbonyl (C=O) groups is 1. The van der Waals surface area contributed by atoms with E-state index in [0.29, 0.717) is 16.9 Å². The molecule has 94 valence electrons. The van der Waals surface area contributed by atoms with Gasteiger partial charge in [-0.3, -0.25) is 0 Å². The van der Waals surface area contributed by atoms with Gasteiger partial charge in [-0.25, -0.2) is 9.18 Å². The van der Waals surface area contributed by atoms with E-state index in [0.717, 1.165) is 0 Å². The van der Waals surface area contributed by atoms with Crippen molar-refractivity contribution in [2.24, 2.45) is 0 Å². The first-order chi connectivity index (χ1) is 8.58. The Bertz CT molecular complexity index is 574. The van der Waals surface area contributed by atoms with Crippen molar-refractivity contribution < 1.29 is 23.4 Å². The number of halogens is 1. The lowest BCUT2D eigenvalue weighted by molar-refractivity contribution is 0.0658. The van der Waals surface area contributed by atoms with Crippen molar-refractivity contribution in [3.63, 3.8) is 0 Å². The normalized spacial score (nSPS) is 10.3. The largest absolute Gasteiger partial charge is 0.489 e. The molecule has 0 amide bonds. The first-order valence-electron chi connectivity index (χ1n) is 5.26. The van der Waals surface area contributed by atoms with Crippen LogP contribution in [-0.4, -0.2) is 11.1 Å². The number of benzene rings is 1. The van der Waals surface area contributed by atoms with Crippen molar-refractivity contribution in [2.45, 2.75) is 13.5 Å². The Morgan fingerprint density at radius 3 is 2.89 bits per heavy atom. The lowest BCUT2D eigenvalue weighted by atomic mass is 10.2. The SMILES string of the molecule is Cc1cc(OCc2ccoc2C(=O)O)ccc1F. The molecule has 2 aromatic rings. The van der Waals surface area contributed by atoms with Crippen molar-refractivity contribution in [2.75, 3.05) is 0 Å². The second-order valence-electron chi connectivity index (χ2n) is 3.78. The van der Waals surface area contributed by atoms with Gasteiger partial charge >= 0.3 is 5.97 Å². The number of ether oxygens (including phenoxy) is 1. The molecule has 0 aliphatic carbocycles. The molecule has 0 radical (unpaired) electrons. The van der Waals surface area contributed by atoms with Gasteiger partial charge in [0.2, 0.25) is 5.76 Å². The molecule has 1 aromatic heterocycles. The second-order valence-corrected chi connectivity index (χ2v) is 3.78. The minimum atomic E-state index is -1.14. The van der Waals surface area contributed by atoms with Crippen LogP contribution >= 0.6 is 0 Å². The summed E-state index contributed by atoms with van der Waals surface area (Å²) in [7, 11) is 0. The minimum Gasteiger partial charge on any atom is -0.489 e. The summed E-state index contributed by atoms with van der Waals surface area (Å²) in [5, 5.41) is 8.83. The van der Waals surface area contributed by atoms with E-state index >= 15 is 0 Å². The van der Waals surface area contributed by atoms with Gasteiger partial charge in [0.05, 0.1) is 6.26 Å². The number of furan rings is 1. The maximum atomic E-state index is 13.0. The third kappa shape index (κ3) is 2.51. The fraction of sp³-hybridized carbons (Fsp3) is 0.154. The number of aryl methyl sites for hydroxylation is 1. The molecule has 0 unspecified atom stereocenters. The average Bonchev–Trinajstić information content (AvgIpc) is 2.79. The van der Waals surface area contributed by atoms with E-state index in [4.69, 9.17) is 14.3 Å². The standard InChI is InChI=1S/C13H11FO4/c1-8-6-10(2-3-11(8)14)18-7-9-4-5-17-12(9)13(15)16/h2-6H,7H2,1H3,(H,15,16). The Labute approximate surface area is 103 Å². The molecule has 1 aromatic carbocycles. The van der Waals surface area contributed by atoms with Crippen molar-refractivity contribution in [1.82, 2.24) is 0 Å². The zero-order valence-corrected chi connectivity index (χ0v) is 9.64. The summed E-state index contributed by atoms with van der Waals surface area (Å²) in [6, 6.07) is 5.87. The third-order valence-corrected chi connectivity index (χ3v) is 2.46. The monoisotopic (exact) mass is 250 g/mol. The molecule has 0 aliphatic rings. The zero-order valence-electron chi connectivity index (χ0n) is 9.64. The minimum absolute atomic E-state index is 0.0587. The highest BCUT2D eigenvalue weighted by Crippen LogP contribution is 2.19. The van der Waals surface area contributed by atoms with Gasteiger partial charge in [-0.05, 0) is 36.8 Å². The predicted molar refractivity (Wildman–Crippen MR) is 61.1 cm³/mol. The van der Waals surface area contributed by atoms with Crippen LogP contribution in [0, 0.1) is 12.7 Å². The Morgan fingerprint density at radius 2 is 2.22 bits per heavy atom. The Balaban J connectivity index is 2.09. The van der Waals surface area contributed by atoms with Crippen LogP contribution < -0.4 is 4.74 Å². The van der Waals surface area contributed by atoms with E-state index in [1.165, 1.54) is 24.5 Å². The Morgan fingerprint density at radius 1 is 1.44 bits per heavy atom. The maximum Gasteiger partial charge on any atom is 0.372 e. The fourth-order valence-corrected chi connectivity index (χ4v) is 1.51. The van der Waals surface area contributed by atoms with Crippen molar-refractivity contribution in [1.29, 1.82) is 0 Å². The quantitative estimate of drug-likeness (QED) is 0.906. The number of rotatable bonds is 4. The molecular formula is C13H11FO4. The molecular weight excluding hydrogens is 239 g/mol. The molecule has 0 atom stereocenters. The van der Waals surface area contributed by atoms with Crippen LogP contribution in [0.5, 0.6) is 5.75 Å². The van der Waals surface area contributed by atoms with Crippen molar-refractivity contribution in [3.05, 3.63) is 53.2 Å². The van der Waals surface area contributed by atoms with Gasteiger partial charge in [0.25, 0.3) is 0 Å². The third-order valence-electron chi connectivity index (χ3n) is 2.46. The molecule has 0 spiro atoms. The molecule has 0 fully saturated rings. The highest BCUT2D eigenvalue weighted by atomic mass is 19.1. The molecule has 4 nitrogen and oxygen atoms in total. The Hall–Kier alpha value is -2.30. The van der Waals surface area contributed by atoms with E-state index in [-0.39, 0.29) is 18.2 Å². The maximum absolute atomic E-state index is 13.0. The Kier molecular flexibility index (Phi) is 3.32. The highest BCUT2D eigenvalue weighted by Gasteiger charge is 2.14. The molecule has 0 saturated heterocycles. The van der Waals surface area contributed by atoms with Gasteiger partial charge in [0.15, 0.2) is 0 Å². The fourth-order valence-electron chi connectivity index (χ4n) is 1.51. The molecule has 1 N–H and O–H groups in total. The summed E-state index contributed by atoms with van der Waals surface area (Å²) >= 11 is 0. The van der Waals surface area contributed by atoms with Crippen LogP contribution in [0.3, 0.4) is 0 Å². The summed E-state index contributed by atoms with van der Waals surface area (Å²) in [5.41, 5.74) is 0.905. The van der Waals surface area contributed by atoms with E-state index in [1.54, 1.807) is 13.0 Å².